The summed E-state index contributed by atoms with van der Waals surface area (Å²) in [4.78, 5) is 17.5. The van der Waals surface area contributed by atoms with Gasteiger partial charge in [-0.1, -0.05) is 68.2 Å². The SMILES string of the molecule is Cc1onc(-c2ccccc2Cl)c1C(=O)ON=C(N)CCc1ccc(Br)cc1. The van der Waals surface area contributed by atoms with Gasteiger partial charge in [0.25, 0.3) is 0 Å². The van der Waals surface area contributed by atoms with Gasteiger partial charge in [-0.15, -0.1) is 0 Å². The van der Waals surface area contributed by atoms with Gasteiger partial charge in [-0.05, 0) is 37.1 Å². The summed E-state index contributed by atoms with van der Waals surface area (Å²) < 4.78 is 6.16. The van der Waals surface area contributed by atoms with Gasteiger partial charge in [-0.2, -0.15) is 0 Å². The number of aromatic nitrogens is 1. The molecule has 144 valence electrons. The molecule has 0 aliphatic carbocycles. The van der Waals surface area contributed by atoms with E-state index in [4.69, 9.17) is 26.7 Å². The minimum atomic E-state index is -0.708. The van der Waals surface area contributed by atoms with Crippen LogP contribution < -0.4 is 5.73 Å². The van der Waals surface area contributed by atoms with Gasteiger partial charge in [-0.25, -0.2) is 4.79 Å². The summed E-state index contributed by atoms with van der Waals surface area (Å²) in [5, 5.41) is 8.13. The van der Waals surface area contributed by atoms with E-state index in [2.05, 4.69) is 26.2 Å². The number of nitrogens with zero attached hydrogens (tertiary/aromatic N) is 2. The molecule has 1 heterocycles. The number of benzene rings is 2. The number of oxime groups is 1. The Kier molecular flexibility index (Phi) is 6.49. The summed E-state index contributed by atoms with van der Waals surface area (Å²) >= 11 is 9.59. The first-order chi connectivity index (χ1) is 13.5. The summed E-state index contributed by atoms with van der Waals surface area (Å²) in [5.41, 5.74) is 8.00. The second kappa shape index (κ2) is 9.03. The van der Waals surface area contributed by atoms with E-state index in [1.807, 2.05) is 24.3 Å². The highest BCUT2D eigenvalue weighted by Crippen LogP contribution is 2.31. The topological polar surface area (TPSA) is 90.7 Å². The largest absolute Gasteiger partial charge is 0.384 e. The second-order valence-electron chi connectivity index (χ2n) is 6.03. The highest BCUT2D eigenvalue weighted by atomic mass is 79.9. The third-order valence-corrected chi connectivity index (χ3v) is 4.88. The molecule has 3 rings (SSSR count). The Morgan fingerprint density at radius 2 is 1.96 bits per heavy atom. The van der Waals surface area contributed by atoms with Crippen molar-refractivity contribution >= 4 is 39.3 Å². The molecule has 0 spiro atoms. The zero-order valence-electron chi connectivity index (χ0n) is 15.0. The molecular weight excluding hydrogens is 446 g/mol. The molecule has 0 amide bonds. The highest BCUT2D eigenvalue weighted by molar-refractivity contribution is 9.10. The minimum Gasteiger partial charge on any atom is -0.384 e. The molecule has 3 aromatic rings. The molecule has 28 heavy (non-hydrogen) atoms. The van der Waals surface area contributed by atoms with E-state index in [-0.39, 0.29) is 11.4 Å². The van der Waals surface area contributed by atoms with Crippen molar-refractivity contribution in [2.24, 2.45) is 10.9 Å². The number of amidine groups is 1. The monoisotopic (exact) mass is 461 g/mol. The average Bonchev–Trinajstić information content (AvgIpc) is 3.07. The third-order valence-electron chi connectivity index (χ3n) is 4.02. The number of halogens is 2. The molecule has 0 bridgehead atoms. The quantitative estimate of drug-likeness (QED) is 0.237. The van der Waals surface area contributed by atoms with Crippen molar-refractivity contribution in [3.05, 3.63) is 74.9 Å². The van der Waals surface area contributed by atoms with E-state index in [0.29, 0.717) is 34.9 Å². The van der Waals surface area contributed by atoms with Crippen LogP contribution in [0.4, 0.5) is 0 Å². The average molecular weight is 463 g/mol. The van der Waals surface area contributed by atoms with Crippen molar-refractivity contribution in [2.75, 3.05) is 0 Å². The zero-order chi connectivity index (χ0) is 20.1. The second-order valence-corrected chi connectivity index (χ2v) is 7.35. The van der Waals surface area contributed by atoms with Gasteiger partial charge in [0.15, 0.2) is 0 Å². The Hall–Kier alpha value is -2.64. The van der Waals surface area contributed by atoms with E-state index in [1.54, 1.807) is 31.2 Å². The minimum absolute atomic E-state index is 0.164. The molecule has 0 atom stereocenters. The maximum atomic E-state index is 12.5. The fraction of sp³-hybridized carbons (Fsp3) is 0.150. The Balaban J connectivity index is 1.69. The number of hydrogen-bond acceptors (Lipinski definition) is 5. The first-order valence-electron chi connectivity index (χ1n) is 8.45. The van der Waals surface area contributed by atoms with Crippen molar-refractivity contribution in [3.63, 3.8) is 0 Å². The highest BCUT2D eigenvalue weighted by Gasteiger charge is 2.24. The van der Waals surface area contributed by atoms with Crippen molar-refractivity contribution in [2.45, 2.75) is 19.8 Å². The van der Waals surface area contributed by atoms with Crippen LogP contribution >= 0.6 is 27.5 Å². The molecular formula is C20H17BrClN3O3. The van der Waals surface area contributed by atoms with Crippen molar-refractivity contribution in [1.82, 2.24) is 5.16 Å². The molecule has 0 radical (unpaired) electrons. The number of carbonyl (C=O) groups excluding carboxylic acids is 1. The number of carbonyl (C=O) groups is 1. The fourth-order valence-corrected chi connectivity index (χ4v) is 3.05. The van der Waals surface area contributed by atoms with Crippen LogP contribution in [0.1, 0.15) is 28.1 Å². The number of rotatable bonds is 6. The maximum Gasteiger partial charge on any atom is 0.371 e. The van der Waals surface area contributed by atoms with E-state index < -0.39 is 5.97 Å². The van der Waals surface area contributed by atoms with Crippen molar-refractivity contribution < 1.29 is 14.2 Å². The lowest BCUT2D eigenvalue weighted by molar-refractivity contribution is 0.0513. The molecule has 0 fully saturated rings. The smallest absolute Gasteiger partial charge is 0.371 e. The Morgan fingerprint density at radius 3 is 2.68 bits per heavy atom. The molecule has 0 aliphatic rings. The molecule has 1 aromatic heterocycles. The Labute approximate surface area is 175 Å². The Morgan fingerprint density at radius 1 is 1.25 bits per heavy atom. The number of hydrogen-bond donors (Lipinski definition) is 1. The van der Waals surface area contributed by atoms with Gasteiger partial charge in [0, 0.05) is 16.5 Å². The van der Waals surface area contributed by atoms with Crippen molar-refractivity contribution in [1.29, 1.82) is 0 Å². The molecule has 0 unspecified atom stereocenters. The van der Waals surface area contributed by atoms with Crippen LogP contribution in [0.3, 0.4) is 0 Å². The molecule has 0 saturated carbocycles. The van der Waals surface area contributed by atoms with Gasteiger partial charge >= 0.3 is 5.97 Å². The van der Waals surface area contributed by atoms with Crippen LogP contribution in [-0.4, -0.2) is 17.0 Å². The van der Waals surface area contributed by atoms with Gasteiger partial charge in [0.1, 0.15) is 22.9 Å². The molecule has 0 saturated heterocycles. The molecule has 8 heteroatoms. The summed E-state index contributed by atoms with van der Waals surface area (Å²) in [6, 6.07) is 14.9. The first kappa shape index (κ1) is 20.1. The maximum absolute atomic E-state index is 12.5. The van der Waals surface area contributed by atoms with Crippen LogP contribution in [-0.2, 0) is 11.3 Å². The Bertz CT molecular complexity index is 1020. The van der Waals surface area contributed by atoms with Gasteiger partial charge < -0.3 is 15.1 Å². The van der Waals surface area contributed by atoms with E-state index in [1.165, 1.54) is 0 Å². The normalized spacial score (nSPS) is 11.5. The molecule has 2 N–H and O–H groups in total. The van der Waals surface area contributed by atoms with Gasteiger partial charge in [0.2, 0.25) is 0 Å². The van der Waals surface area contributed by atoms with Gasteiger partial charge in [0.05, 0.1) is 5.02 Å². The number of aryl methyl sites for hydroxylation is 2. The molecule has 2 aromatic carbocycles. The standard InChI is InChI=1S/C20H17BrClN3O3/c1-12-18(19(25-27-12)15-4-2-3-5-16(15)22)20(26)28-24-17(23)11-8-13-6-9-14(21)10-7-13/h2-7,9-10H,8,11H2,1H3,(H2,23,24). The van der Waals surface area contributed by atoms with Crippen molar-refractivity contribution in [3.8, 4) is 11.3 Å². The zero-order valence-corrected chi connectivity index (χ0v) is 17.3. The lowest BCUT2D eigenvalue weighted by Crippen LogP contribution is -2.15. The summed E-state index contributed by atoms with van der Waals surface area (Å²) in [7, 11) is 0. The van der Waals surface area contributed by atoms with E-state index >= 15 is 0 Å². The van der Waals surface area contributed by atoms with Crippen LogP contribution in [0.5, 0.6) is 0 Å². The van der Waals surface area contributed by atoms with Crippen LogP contribution in [0, 0.1) is 6.92 Å². The lowest BCUT2D eigenvalue weighted by atomic mass is 10.1. The third kappa shape index (κ3) is 4.79. The molecule has 0 aliphatic heterocycles. The predicted molar refractivity (Wildman–Crippen MR) is 111 cm³/mol. The summed E-state index contributed by atoms with van der Waals surface area (Å²) in [5.74, 6) is -0.187. The van der Waals surface area contributed by atoms with Crippen LogP contribution in [0.2, 0.25) is 5.02 Å². The lowest BCUT2D eigenvalue weighted by Gasteiger charge is -2.04. The first-order valence-corrected chi connectivity index (χ1v) is 9.62. The van der Waals surface area contributed by atoms with Gasteiger partial charge in [-0.3, -0.25) is 0 Å². The van der Waals surface area contributed by atoms with Crippen LogP contribution in [0.25, 0.3) is 11.3 Å². The fourth-order valence-electron chi connectivity index (χ4n) is 2.56. The van der Waals surface area contributed by atoms with E-state index in [9.17, 15) is 4.79 Å². The predicted octanol–water partition coefficient (Wildman–Crippen LogP) is 5.13. The summed E-state index contributed by atoms with van der Waals surface area (Å²) in [6.07, 6.45) is 1.13. The van der Waals surface area contributed by atoms with Crippen LogP contribution in [0.15, 0.2) is 62.7 Å². The summed E-state index contributed by atoms with van der Waals surface area (Å²) in [6.45, 7) is 1.62. The molecule has 6 nitrogen and oxygen atoms in total. The van der Waals surface area contributed by atoms with E-state index in [0.717, 1.165) is 10.0 Å². The number of nitrogens with two attached hydrogens (primary N) is 1.